The monoisotopic (exact) mass is 219 g/mol. The van der Waals surface area contributed by atoms with E-state index in [1.54, 1.807) is 0 Å². The number of nitrogens with two attached hydrogens (primary N) is 1. The van der Waals surface area contributed by atoms with Crippen LogP contribution < -0.4 is 16.0 Å². The van der Waals surface area contributed by atoms with E-state index in [0.29, 0.717) is 0 Å². The molecule has 1 saturated heterocycles. The number of nitrogens with zero attached hydrogens (tertiary/aromatic N) is 1. The molecule has 86 valence electrons. The summed E-state index contributed by atoms with van der Waals surface area (Å²) in [6, 6.07) is 8.12. The molecule has 16 heavy (non-hydrogen) atoms. The first-order valence-electron chi connectivity index (χ1n) is 5.63. The fourth-order valence-electron chi connectivity index (χ4n) is 1.95. The molecule has 1 heterocycles. The number of hydrogen-bond acceptors (Lipinski definition) is 3. The zero-order valence-corrected chi connectivity index (χ0v) is 9.28. The summed E-state index contributed by atoms with van der Waals surface area (Å²) in [5, 5.41) is 2.97. The normalized spacial score (nSPS) is 15.1. The molecule has 0 saturated carbocycles. The van der Waals surface area contributed by atoms with Crippen LogP contribution in [0.5, 0.6) is 0 Å². The summed E-state index contributed by atoms with van der Waals surface area (Å²) in [7, 11) is 0. The quantitative estimate of drug-likeness (QED) is 0.799. The third kappa shape index (κ3) is 2.66. The Hall–Kier alpha value is -1.71. The molecule has 1 aromatic carbocycles. The standard InChI is InChI=1S/C12H17N3O/c13-12(16)9-14-10-3-5-11(6-4-10)15-7-1-2-8-15/h3-6,14H,1-2,7-9H2,(H2,13,16). The maximum Gasteiger partial charge on any atom is 0.236 e. The van der Waals surface area contributed by atoms with Crippen molar-refractivity contribution in [2.75, 3.05) is 29.9 Å². The smallest absolute Gasteiger partial charge is 0.236 e. The second-order valence-electron chi connectivity index (χ2n) is 4.06. The number of hydrogen-bond donors (Lipinski definition) is 2. The molecule has 0 radical (unpaired) electrons. The topological polar surface area (TPSA) is 58.4 Å². The Labute approximate surface area is 95.4 Å². The largest absolute Gasteiger partial charge is 0.376 e. The Kier molecular flexibility index (Phi) is 3.29. The number of benzene rings is 1. The summed E-state index contributed by atoms with van der Waals surface area (Å²) in [5.41, 5.74) is 7.24. The first-order valence-corrected chi connectivity index (χ1v) is 5.63. The van der Waals surface area contributed by atoms with Crippen LogP contribution in [0, 0.1) is 0 Å². The van der Waals surface area contributed by atoms with Crippen molar-refractivity contribution in [3.8, 4) is 0 Å². The molecule has 2 rings (SSSR count). The molecule has 1 amide bonds. The third-order valence-corrected chi connectivity index (χ3v) is 2.81. The van der Waals surface area contributed by atoms with E-state index in [0.717, 1.165) is 18.8 Å². The number of anilines is 2. The van der Waals surface area contributed by atoms with E-state index < -0.39 is 0 Å². The molecule has 4 heteroatoms. The highest BCUT2D eigenvalue weighted by Crippen LogP contribution is 2.21. The minimum atomic E-state index is -0.344. The number of primary amides is 1. The van der Waals surface area contributed by atoms with Gasteiger partial charge in [-0.1, -0.05) is 0 Å². The first kappa shape index (κ1) is 10.8. The Balaban J connectivity index is 1.95. The molecule has 1 aliphatic rings. The second kappa shape index (κ2) is 4.88. The molecular formula is C12H17N3O. The number of rotatable bonds is 4. The van der Waals surface area contributed by atoms with Gasteiger partial charge in [0.2, 0.25) is 5.91 Å². The van der Waals surface area contributed by atoms with E-state index in [1.807, 2.05) is 12.1 Å². The lowest BCUT2D eigenvalue weighted by Gasteiger charge is -2.17. The lowest BCUT2D eigenvalue weighted by Crippen LogP contribution is -2.22. The predicted molar refractivity (Wildman–Crippen MR) is 65.6 cm³/mol. The van der Waals surface area contributed by atoms with Crippen molar-refractivity contribution in [3.63, 3.8) is 0 Å². The van der Waals surface area contributed by atoms with Gasteiger partial charge in [0.25, 0.3) is 0 Å². The first-order chi connectivity index (χ1) is 7.75. The van der Waals surface area contributed by atoms with Gasteiger partial charge in [-0.2, -0.15) is 0 Å². The van der Waals surface area contributed by atoms with Crippen LogP contribution in [0.15, 0.2) is 24.3 Å². The summed E-state index contributed by atoms with van der Waals surface area (Å²) in [6.45, 7) is 2.48. The van der Waals surface area contributed by atoms with Gasteiger partial charge in [-0.15, -0.1) is 0 Å². The predicted octanol–water partition coefficient (Wildman–Crippen LogP) is 1.18. The van der Waals surface area contributed by atoms with Gasteiger partial charge in [-0.05, 0) is 37.1 Å². The van der Waals surface area contributed by atoms with Crippen LogP contribution in [0.25, 0.3) is 0 Å². The SMILES string of the molecule is NC(=O)CNc1ccc(N2CCCC2)cc1. The van der Waals surface area contributed by atoms with Crippen molar-refractivity contribution in [2.24, 2.45) is 5.73 Å². The summed E-state index contributed by atoms with van der Waals surface area (Å²) in [6.07, 6.45) is 2.56. The minimum Gasteiger partial charge on any atom is -0.376 e. The van der Waals surface area contributed by atoms with Gasteiger partial charge in [0.15, 0.2) is 0 Å². The van der Waals surface area contributed by atoms with Crippen LogP contribution in [0.2, 0.25) is 0 Å². The van der Waals surface area contributed by atoms with Crippen LogP contribution in [0.4, 0.5) is 11.4 Å². The Bertz CT molecular complexity index is 355. The fourth-order valence-corrected chi connectivity index (χ4v) is 1.95. The van der Waals surface area contributed by atoms with E-state index in [2.05, 4.69) is 22.3 Å². The van der Waals surface area contributed by atoms with Gasteiger partial charge in [-0.25, -0.2) is 0 Å². The summed E-state index contributed by atoms with van der Waals surface area (Å²) in [4.78, 5) is 13.0. The lowest BCUT2D eigenvalue weighted by molar-refractivity contribution is -0.116. The van der Waals surface area contributed by atoms with Gasteiger partial charge in [0.05, 0.1) is 6.54 Å². The van der Waals surface area contributed by atoms with Gasteiger partial charge >= 0.3 is 0 Å². The van der Waals surface area contributed by atoms with Crippen LogP contribution in [-0.2, 0) is 4.79 Å². The number of nitrogens with one attached hydrogen (secondary N) is 1. The van der Waals surface area contributed by atoms with E-state index in [4.69, 9.17) is 5.73 Å². The summed E-state index contributed by atoms with van der Waals surface area (Å²) >= 11 is 0. The number of carbonyl (C=O) groups excluding carboxylic acids is 1. The average molecular weight is 219 g/mol. The maximum atomic E-state index is 10.6. The molecule has 0 bridgehead atoms. The highest BCUT2D eigenvalue weighted by Gasteiger charge is 2.11. The molecule has 0 atom stereocenters. The lowest BCUT2D eigenvalue weighted by atomic mass is 10.2. The highest BCUT2D eigenvalue weighted by atomic mass is 16.1. The molecular weight excluding hydrogens is 202 g/mol. The fraction of sp³-hybridized carbons (Fsp3) is 0.417. The van der Waals surface area contributed by atoms with Crippen LogP contribution in [0.1, 0.15) is 12.8 Å². The molecule has 1 fully saturated rings. The van der Waals surface area contributed by atoms with E-state index >= 15 is 0 Å². The Morgan fingerprint density at radius 1 is 1.25 bits per heavy atom. The molecule has 4 nitrogen and oxygen atoms in total. The van der Waals surface area contributed by atoms with Crippen molar-refractivity contribution in [2.45, 2.75) is 12.8 Å². The highest BCUT2D eigenvalue weighted by molar-refractivity contribution is 5.78. The molecule has 1 aliphatic heterocycles. The van der Waals surface area contributed by atoms with Gasteiger partial charge < -0.3 is 16.0 Å². The zero-order valence-electron chi connectivity index (χ0n) is 9.28. The van der Waals surface area contributed by atoms with Gasteiger partial charge in [0, 0.05) is 24.5 Å². The third-order valence-electron chi connectivity index (χ3n) is 2.81. The molecule has 0 spiro atoms. The van der Waals surface area contributed by atoms with E-state index in [-0.39, 0.29) is 12.5 Å². The van der Waals surface area contributed by atoms with Crippen LogP contribution in [0.3, 0.4) is 0 Å². The van der Waals surface area contributed by atoms with Crippen molar-refractivity contribution < 1.29 is 4.79 Å². The summed E-state index contributed by atoms with van der Waals surface area (Å²) in [5.74, 6) is -0.344. The average Bonchev–Trinajstić information content (AvgIpc) is 2.80. The molecule has 3 N–H and O–H groups in total. The van der Waals surface area contributed by atoms with Crippen molar-refractivity contribution in [1.29, 1.82) is 0 Å². The van der Waals surface area contributed by atoms with Crippen LogP contribution >= 0.6 is 0 Å². The van der Waals surface area contributed by atoms with E-state index in [1.165, 1.54) is 18.5 Å². The Morgan fingerprint density at radius 3 is 2.44 bits per heavy atom. The van der Waals surface area contributed by atoms with Crippen molar-refractivity contribution in [3.05, 3.63) is 24.3 Å². The summed E-state index contributed by atoms with van der Waals surface area (Å²) < 4.78 is 0. The second-order valence-corrected chi connectivity index (χ2v) is 4.06. The van der Waals surface area contributed by atoms with E-state index in [9.17, 15) is 4.79 Å². The minimum absolute atomic E-state index is 0.184. The zero-order chi connectivity index (χ0) is 11.4. The van der Waals surface area contributed by atoms with Gasteiger partial charge in [0.1, 0.15) is 0 Å². The molecule has 0 unspecified atom stereocenters. The number of amides is 1. The van der Waals surface area contributed by atoms with Crippen molar-refractivity contribution in [1.82, 2.24) is 0 Å². The molecule has 1 aromatic rings. The molecule has 0 aromatic heterocycles. The molecule has 0 aliphatic carbocycles. The Morgan fingerprint density at radius 2 is 1.88 bits per heavy atom. The number of carbonyl (C=O) groups is 1. The van der Waals surface area contributed by atoms with Crippen molar-refractivity contribution >= 4 is 17.3 Å². The van der Waals surface area contributed by atoms with Gasteiger partial charge in [-0.3, -0.25) is 4.79 Å². The maximum absolute atomic E-state index is 10.6. The van der Waals surface area contributed by atoms with Crippen LogP contribution in [-0.4, -0.2) is 25.5 Å².